The van der Waals surface area contributed by atoms with Crippen LogP contribution in [0, 0.1) is 18.3 Å². The maximum Gasteiger partial charge on any atom is -0.0162 e. The van der Waals surface area contributed by atoms with Crippen molar-refractivity contribution in [3.05, 3.63) is 41.8 Å². The van der Waals surface area contributed by atoms with Crippen molar-refractivity contribution >= 4 is 0 Å². The summed E-state index contributed by atoms with van der Waals surface area (Å²) < 4.78 is 0. The molecule has 2 aliphatic carbocycles. The quantitative estimate of drug-likeness (QED) is 0.639. The van der Waals surface area contributed by atoms with E-state index in [4.69, 9.17) is 0 Å². The molecule has 2 saturated carbocycles. The number of rotatable bonds is 3. The van der Waals surface area contributed by atoms with E-state index in [2.05, 4.69) is 37.6 Å². The molecule has 0 aromatic heterocycles. The Kier molecular flexibility index (Phi) is 4.81. The van der Waals surface area contributed by atoms with Crippen LogP contribution < -0.4 is 0 Å². The molecule has 3 rings (SSSR count). The fourth-order valence-corrected chi connectivity index (χ4v) is 4.37. The first-order chi connectivity index (χ1) is 9.86. The molecule has 0 heterocycles. The molecule has 0 bridgehead atoms. The number of hydrogen-bond acceptors (Lipinski definition) is 0. The summed E-state index contributed by atoms with van der Waals surface area (Å²) in [5.41, 5.74) is 3.07. The Morgan fingerprint density at radius 1 is 0.800 bits per heavy atom. The highest BCUT2D eigenvalue weighted by atomic mass is 14.3. The predicted molar refractivity (Wildman–Crippen MR) is 86.8 cm³/mol. The van der Waals surface area contributed by atoms with Gasteiger partial charge in [-0.2, -0.15) is 0 Å². The summed E-state index contributed by atoms with van der Waals surface area (Å²) in [7, 11) is 0. The SMILES string of the molecule is CCc1ccc(C2CCC(C3CC[CH]CC3)CC2)cc1. The minimum atomic E-state index is 0.840. The van der Waals surface area contributed by atoms with Crippen LogP contribution in [0.15, 0.2) is 24.3 Å². The average molecular weight is 269 g/mol. The molecule has 0 N–H and O–H groups in total. The van der Waals surface area contributed by atoms with E-state index in [0.717, 1.165) is 24.2 Å². The van der Waals surface area contributed by atoms with Crippen LogP contribution in [0.2, 0.25) is 0 Å². The molecule has 0 atom stereocenters. The molecule has 1 radical (unpaired) electrons. The average Bonchev–Trinajstić information content (AvgIpc) is 2.56. The molecule has 0 saturated heterocycles. The molecule has 1 aromatic rings. The Morgan fingerprint density at radius 2 is 1.40 bits per heavy atom. The molecule has 0 nitrogen and oxygen atoms in total. The molecule has 1 aromatic carbocycles. The second kappa shape index (κ2) is 6.78. The second-order valence-corrected chi connectivity index (χ2v) is 6.91. The largest absolute Gasteiger partial charge is 0.0613 e. The van der Waals surface area contributed by atoms with Crippen molar-refractivity contribution in [3.8, 4) is 0 Å². The molecule has 0 unspecified atom stereocenters. The maximum absolute atomic E-state index is 2.50. The van der Waals surface area contributed by atoms with Gasteiger partial charge in [-0.15, -0.1) is 0 Å². The molecule has 2 fully saturated rings. The van der Waals surface area contributed by atoms with E-state index in [1.165, 1.54) is 56.9 Å². The number of aryl methyl sites for hydroxylation is 1. The normalized spacial score (nSPS) is 28.4. The zero-order chi connectivity index (χ0) is 13.8. The first-order valence-corrected chi connectivity index (χ1v) is 8.77. The van der Waals surface area contributed by atoms with E-state index in [0.29, 0.717) is 0 Å². The van der Waals surface area contributed by atoms with E-state index in [9.17, 15) is 0 Å². The van der Waals surface area contributed by atoms with Gasteiger partial charge in [0.25, 0.3) is 0 Å². The van der Waals surface area contributed by atoms with Crippen LogP contribution in [0.5, 0.6) is 0 Å². The topological polar surface area (TPSA) is 0 Å². The van der Waals surface area contributed by atoms with Gasteiger partial charge < -0.3 is 0 Å². The first kappa shape index (κ1) is 14.2. The molecular formula is C20H29. The van der Waals surface area contributed by atoms with Crippen LogP contribution >= 0.6 is 0 Å². The number of hydrogen-bond donors (Lipinski definition) is 0. The Balaban J connectivity index is 1.54. The summed E-state index contributed by atoms with van der Waals surface area (Å²) >= 11 is 0. The molecule has 0 aliphatic heterocycles. The molecule has 0 spiro atoms. The van der Waals surface area contributed by atoms with Crippen LogP contribution in [0.25, 0.3) is 0 Å². The minimum absolute atomic E-state index is 0.840. The number of benzene rings is 1. The van der Waals surface area contributed by atoms with Gasteiger partial charge in [0, 0.05) is 0 Å². The van der Waals surface area contributed by atoms with Crippen molar-refractivity contribution < 1.29 is 0 Å². The van der Waals surface area contributed by atoms with Crippen molar-refractivity contribution in [1.29, 1.82) is 0 Å². The Morgan fingerprint density at radius 3 is 2.00 bits per heavy atom. The van der Waals surface area contributed by atoms with Crippen LogP contribution in [0.3, 0.4) is 0 Å². The third-order valence-electron chi connectivity index (χ3n) is 5.78. The maximum atomic E-state index is 2.50. The summed E-state index contributed by atoms with van der Waals surface area (Å²) in [5, 5.41) is 0. The molecule has 2 aliphatic rings. The van der Waals surface area contributed by atoms with Crippen LogP contribution in [-0.4, -0.2) is 0 Å². The lowest BCUT2D eigenvalue weighted by molar-refractivity contribution is 0.199. The molecule has 20 heavy (non-hydrogen) atoms. The lowest BCUT2D eigenvalue weighted by Crippen LogP contribution is -2.23. The van der Waals surface area contributed by atoms with Crippen molar-refractivity contribution in [2.45, 2.75) is 70.6 Å². The predicted octanol–water partition coefficient (Wildman–Crippen LogP) is 5.92. The monoisotopic (exact) mass is 269 g/mol. The zero-order valence-corrected chi connectivity index (χ0v) is 13.0. The summed E-state index contributed by atoms with van der Waals surface area (Å²) in [6.45, 7) is 2.24. The van der Waals surface area contributed by atoms with Crippen LogP contribution in [-0.2, 0) is 6.42 Å². The van der Waals surface area contributed by atoms with E-state index in [1.807, 2.05) is 0 Å². The first-order valence-electron chi connectivity index (χ1n) is 8.77. The summed E-state index contributed by atoms with van der Waals surface area (Å²) in [6, 6.07) is 9.44. The summed E-state index contributed by atoms with van der Waals surface area (Å²) in [4.78, 5) is 0. The second-order valence-electron chi connectivity index (χ2n) is 6.91. The van der Waals surface area contributed by atoms with Gasteiger partial charge in [-0.3, -0.25) is 0 Å². The Bertz CT molecular complexity index is 389. The lowest BCUT2D eigenvalue weighted by atomic mass is 9.70. The standard InChI is InChI=1S/C20H29/c1-2-16-8-10-18(11-9-16)20-14-12-19(13-15-20)17-6-4-3-5-7-17/h3,8-11,17,19-20H,2,4-7,12-15H2,1H3. The summed E-state index contributed by atoms with van der Waals surface area (Å²) in [6.07, 6.45) is 15.2. The minimum Gasteiger partial charge on any atom is -0.0613 e. The van der Waals surface area contributed by atoms with Crippen LogP contribution in [0.4, 0.5) is 0 Å². The highest BCUT2D eigenvalue weighted by molar-refractivity contribution is 5.25. The van der Waals surface area contributed by atoms with Gasteiger partial charge in [0.2, 0.25) is 0 Å². The van der Waals surface area contributed by atoms with Gasteiger partial charge in [0.15, 0.2) is 0 Å². The zero-order valence-electron chi connectivity index (χ0n) is 13.0. The molecule has 0 amide bonds. The Hall–Kier alpha value is -0.780. The van der Waals surface area contributed by atoms with E-state index >= 15 is 0 Å². The van der Waals surface area contributed by atoms with Crippen molar-refractivity contribution in [2.24, 2.45) is 11.8 Å². The van der Waals surface area contributed by atoms with Gasteiger partial charge >= 0.3 is 0 Å². The fourth-order valence-electron chi connectivity index (χ4n) is 4.37. The highest BCUT2D eigenvalue weighted by Gasteiger charge is 2.28. The van der Waals surface area contributed by atoms with E-state index < -0.39 is 0 Å². The third-order valence-corrected chi connectivity index (χ3v) is 5.78. The fraction of sp³-hybridized carbons (Fsp3) is 0.650. The van der Waals surface area contributed by atoms with Gasteiger partial charge in [-0.05, 0) is 93.1 Å². The van der Waals surface area contributed by atoms with Gasteiger partial charge in [-0.25, -0.2) is 0 Å². The van der Waals surface area contributed by atoms with Crippen LogP contribution in [0.1, 0.15) is 75.3 Å². The van der Waals surface area contributed by atoms with E-state index in [-0.39, 0.29) is 0 Å². The summed E-state index contributed by atoms with van der Waals surface area (Å²) in [5.74, 6) is 2.92. The highest BCUT2D eigenvalue weighted by Crippen LogP contribution is 2.42. The van der Waals surface area contributed by atoms with Gasteiger partial charge in [-0.1, -0.05) is 31.2 Å². The van der Waals surface area contributed by atoms with E-state index in [1.54, 1.807) is 5.56 Å². The lowest BCUT2D eigenvalue weighted by Gasteiger charge is -2.36. The van der Waals surface area contributed by atoms with Crippen molar-refractivity contribution in [2.75, 3.05) is 0 Å². The molecular weight excluding hydrogens is 240 g/mol. The Labute approximate surface area is 125 Å². The smallest absolute Gasteiger partial charge is 0.0162 e. The van der Waals surface area contributed by atoms with Crippen molar-refractivity contribution in [3.63, 3.8) is 0 Å². The molecule has 109 valence electrons. The van der Waals surface area contributed by atoms with Gasteiger partial charge in [0.05, 0.1) is 0 Å². The molecule has 0 heteroatoms. The van der Waals surface area contributed by atoms with Crippen molar-refractivity contribution in [1.82, 2.24) is 0 Å². The third kappa shape index (κ3) is 3.27. The van der Waals surface area contributed by atoms with Gasteiger partial charge in [0.1, 0.15) is 0 Å².